The molecule has 2 aliphatic rings. The lowest BCUT2D eigenvalue weighted by Crippen LogP contribution is -2.55. The van der Waals surface area contributed by atoms with Gasteiger partial charge in [0.05, 0.1) is 0 Å². The van der Waals surface area contributed by atoms with Gasteiger partial charge in [0, 0.05) is 38.6 Å². The van der Waals surface area contributed by atoms with E-state index in [1.807, 2.05) is 16.7 Å². The van der Waals surface area contributed by atoms with Crippen LogP contribution in [0.3, 0.4) is 0 Å². The molecule has 0 radical (unpaired) electrons. The van der Waals surface area contributed by atoms with Gasteiger partial charge < -0.3 is 15.1 Å². The Morgan fingerprint density at radius 2 is 2.31 bits per heavy atom. The van der Waals surface area contributed by atoms with Gasteiger partial charge in [-0.2, -0.15) is 0 Å². The third-order valence-electron chi connectivity index (χ3n) is 3.31. The topological polar surface area (TPSA) is 52.7 Å². The minimum Gasteiger partial charge on any atom is -0.338 e. The van der Waals surface area contributed by atoms with Crippen LogP contribution >= 0.6 is 0 Å². The van der Waals surface area contributed by atoms with E-state index < -0.39 is 0 Å². The summed E-state index contributed by atoms with van der Waals surface area (Å²) >= 11 is 0. The summed E-state index contributed by atoms with van der Waals surface area (Å²) < 4.78 is 0. The van der Waals surface area contributed by atoms with E-state index in [9.17, 15) is 9.59 Å². The van der Waals surface area contributed by atoms with Gasteiger partial charge in [0.25, 0.3) is 0 Å². The van der Waals surface area contributed by atoms with Crippen LogP contribution in [0, 0.1) is 0 Å². The molecule has 2 rings (SSSR count). The molecule has 5 nitrogen and oxygen atoms in total. The van der Waals surface area contributed by atoms with Gasteiger partial charge in [-0.05, 0) is 12.8 Å². The SMILES string of the molecule is CCCNC(=O)N1CCN2C(=O)CCC2C1. The highest BCUT2D eigenvalue weighted by atomic mass is 16.2. The maximum Gasteiger partial charge on any atom is 0.317 e. The highest BCUT2D eigenvalue weighted by molar-refractivity contribution is 5.80. The second-order valence-corrected chi connectivity index (χ2v) is 4.46. The van der Waals surface area contributed by atoms with Gasteiger partial charge >= 0.3 is 6.03 Å². The standard InChI is InChI=1S/C11H19N3O2/c1-2-5-12-11(16)13-6-7-14-9(8-13)3-4-10(14)15/h9H,2-8H2,1H3,(H,12,16). The van der Waals surface area contributed by atoms with E-state index in [-0.39, 0.29) is 18.0 Å². The minimum absolute atomic E-state index is 0.0147. The Balaban J connectivity index is 1.86. The number of nitrogens with one attached hydrogen (secondary N) is 1. The Morgan fingerprint density at radius 3 is 3.06 bits per heavy atom. The van der Waals surface area contributed by atoms with Crippen molar-refractivity contribution in [3.8, 4) is 0 Å². The van der Waals surface area contributed by atoms with Gasteiger partial charge in [-0.25, -0.2) is 4.79 Å². The van der Waals surface area contributed by atoms with Crippen LogP contribution in [0.25, 0.3) is 0 Å². The van der Waals surface area contributed by atoms with Crippen LogP contribution in [0.1, 0.15) is 26.2 Å². The maximum absolute atomic E-state index is 11.7. The molecule has 16 heavy (non-hydrogen) atoms. The van der Waals surface area contributed by atoms with E-state index in [1.165, 1.54) is 0 Å². The Hall–Kier alpha value is -1.26. The van der Waals surface area contributed by atoms with Crippen molar-refractivity contribution in [3.05, 3.63) is 0 Å². The lowest BCUT2D eigenvalue weighted by atomic mass is 10.2. The van der Waals surface area contributed by atoms with Crippen molar-refractivity contribution in [3.63, 3.8) is 0 Å². The average molecular weight is 225 g/mol. The number of nitrogens with zero attached hydrogens (tertiary/aromatic N) is 2. The molecule has 1 atom stereocenters. The molecule has 5 heteroatoms. The van der Waals surface area contributed by atoms with Gasteiger partial charge in [0.15, 0.2) is 0 Å². The molecular weight excluding hydrogens is 206 g/mol. The number of piperazine rings is 1. The minimum atomic E-state index is 0.0147. The van der Waals surface area contributed by atoms with Gasteiger partial charge in [-0.1, -0.05) is 6.92 Å². The number of fused-ring (bicyclic) bond motifs is 1. The number of rotatable bonds is 2. The normalized spacial score (nSPS) is 24.6. The van der Waals surface area contributed by atoms with Crippen LogP contribution in [0.15, 0.2) is 0 Å². The van der Waals surface area contributed by atoms with Crippen LogP contribution in [0.4, 0.5) is 4.79 Å². The third-order valence-corrected chi connectivity index (χ3v) is 3.31. The predicted molar refractivity (Wildman–Crippen MR) is 60.0 cm³/mol. The summed E-state index contributed by atoms with van der Waals surface area (Å²) in [5.74, 6) is 0.249. The van der Waals surface area contributed by atoms with Crippen LogP contribution < -0.4 is 5.32 Å². The van der Waals surface area contributed by atoms with Crippen LogP contribution in [-0.2, 0) is 4.79 Å². The Bertz CT molecular complexity index is 293. The highest BCUT2D eigenvalue weighted by Gasteiger charge is 2.36. The second kappa shape index (κ2) is 4.72. The number of carbonyl (C=O) groups is 2. The second-order valence-electron chi connectivity index (χ2n) is 4.46. The summed E-state index contributed by atoms with van der Waals surface area (Å²) in [7, 11) is 0. The molecule has 1 N–H and O–H groups in total. The number of hydrogen-bond acceptors (Lipinski definition) is 2. The third kappa shape index (κ3) is 2.13. The Kier molecular flexibility index (Phi) is 3.31. The molecule has 0 aromatic heterocycles. The summed E-state index contributed by atoms with van der Waals surface area (Å²) in [5.41, 5.74) is 0. The Morgan fingerprint density at radius 1 is 1.50 bits per heavy atom. The summed E-state index contributed by atoms with van der Waals surface area (Å²) in [6.45, 7) is 4.82. The first-order valence-electron chi connectivity index (χ1n) is 6.04. The summed E-state index contributed by atoms with van der Waals surface area (Å²) in [4.78, 5) is 27.0. The summed E-state index contributed by atoms with van der Waals surface area (Å²) in [6, 6.07) is 0.273. The first-order chi connectivity index (χ1) is 7.72. The van der Waals surface area contributed by atoms with Crippen molar-refractivity contribution in [2.24, 2.45) is 0 Å². The van der Waals surface area contributed by atoms with E-state index in [0.29, 0.717) is 26.1 Å². The maximum atomic E-state index is 11.7. The molecule has 2 aliphatic heterocycles. The zero-order chi connectivity index (χ0) is 11.5. The molecule has 0 spiro atoms. The monoisotopic (exact) mass is 225 g/mol. The van der Waals surface area contributed by atoms with Crippen molar-refractivity contribution in [1.82, 2.24) is 15.1 Å². The summed E-state index contributed by atoms with van der Waals surface area (Å²) in [5, 5.41) is 2.88. The number of amides is 3. The molecule has 0 aromatic carbocycles. The molecule has 0 saturated carbocycles. The fourth-order valence-electron chi connectivity index (χ4n) is 2.39. The van der Waals surface area contributed by atoms with Crippen LogP contribution in [0.5, 0.6) is 0 Å². The number of carbonyl (C=O) groups excluding carboxylic acids is 2. The molecule has 0 aromatic rings. The zero-order valence-corrected chi connectivity index (χ0v) is 9.74. The first kappa shape index (κ1) is 11.2. The number of hydrogen-bond donors (Lipinski definition) is 1. The van der Waals surface area contributed by atoms with Gasteiger partial charge in [0.1, 0.15) is 0 Å². The quantitative estimate of drug-likeness (QED) is 0.740. The largest absolute Gasteiger partial charge is 0.338 e. The first-order valence-corrected chi connectivity index (χ1v) is 6.04. The van der Waals surface area contributed by atoms with Gasteiger partial charge in [0.2, 0.25) is 5.91 Å². The molecule has 2 saturated heterocycles. The van der Waals surface area contributed by atoms with E-state index in [4.69, 9.17) is 0 Å². The molecule has 0 aliphatic carbocycles. The molecular formula is C11H19N3O2. The molecule has 0 bridgehead atoms. The summed E-state index contributed by atoms with van der Waals surface area (Å²) in [6.07, 6.45) is 2.50. The molecule has 2 fully saturated rings. The predicted octanol–water partition coefficient (Wildman–Crippen LogP) is 0.413. The number of urea groups is 1. The Labute approximate surface area is 95.8 Å². The fraction of sp³-hybridized carbons (Fsp3) is 0.818. The van der Waals surface area contributed by atoms with Crippen LogP contribution in [0.2, 0.25) is 0 Å². The van der Waals surface area contributed by atoms with Crippen molar-refractivity contribution in [1.29, 1.82) is 0 Å². The molecule has 1 unspecified atom stereocenters. The van der Waals surface area contributed by atoms with Gasteiger partial charge in [-0.3, -0.25) is 4.79 Å². The molecule has 90 valence electrons. The smallest absolute Gasteiger partial charge is 0.317 e. The van der Waals surface area contributed by atoms with Crippen molar-refractivity contribution in [2.75, 3.05) is 26.2 Å². The van der Waals surface area contributed by atoms with Crippen molar-refractivity contribution in [2.45, 2.75) is 32.2 Å². The fourth-order valence-corrected chi connectivity index (χ4v) is 2.39. The van der Waals surface area contributed by atoms with E-state index in [0.717, 1.165) is 19.4 Å². The molecule has 3 amide bonds. The lowest BCUT2D eigenvalue weighted by molar-refractivity contribution is -0.130. The zero-order valence-electron chi connectivity index (χ0n) is 9.74. The van der Waals surface area contributed by atoms with E-state index in [2.05, 4.69) is 5.32 Å². The van der Waals surface area contributed by atoms with Crippen molar-refractivity contribution < 1.29 is 9.59 Å². The van der Waals surface area contributed by atoms with E-state index >= 15 is 0 Å². The van der Waals surface area contributed by atoms with Gasteiger partial charge in [-0.15, -0.1) is 0 Å². The highest BCUT2D eigenvalue weighted by Crippen LogP contribution is 2.22. The van der Waals surface area contributed by atoms with Crippen LogP contribution in [-0.4, -0.2) is 54.0 Å². The lowest BCUT2D eigenvalue weighted by Gasteiger charge is -2.37. The van der Waals surface area contributed by atoms with Crippen molar-refractivity contribution >= 4 is 11.9 Å². The average Bonchev–Trinajstić information content (AvgIpc) is 2.67. The molecule has 2 heterocycles. The van der Waals surface area contributed by atoms with E-state index in [1.54, 1.807) is 0 Å².